The van der Waals surface area contributed by atoms with Crippen LogP contribution < -0.4 is 5.32 Å². The third-order valence-corrected chi connectivity index (χ3v) is 3.23. The number of aliphatic hydroxyl groups is 1. The smallest absolute Gasteiger partial charge is 0.223 e. The van der Waals surface area contributed by atoms with Crippen LogP contribution in [-0.2, 0) is 4.79 Å². The highest BCUT2D eigenvalue weighted by molar-refractivity contribution is 6.34. The van der Waals surface area contributed by atoms with Gasteiger partial charge < -0.3 is 14.9 Å². The van der Waals surface area contributed by atoms with E-state index in [9.17, 15) is 9.90 Å². The van der Waals surface area contributed by atoms with Crippen molar-refractivity contribution in [3.05, 3.63) is 46.0 Å². The van der Waals surface area contributed by atoms with Crippen molar-refractivity contribution in [1.82, 2.24) is 15.5 Å². The standard InChI is InChI=1S/C13H13Cl2N3O3/c1-7(13-16-6-21-18-13)17-12(20)5-11(19)8-2-9(14)4-10(15)3-8/h2-4,6-7,11,19H,5H2,1H3,(H,17,20). The predicted molar refractivity (Wildman–Crippen MR) is 76.9 cm³/mol. The van der Waals surface area contributed by atoms with E-state index in [0.717, 1.165) is 0 Å². The third kappa shape index (κ3) is 4.42. The summed E-state index contributed by atoms with van der Waals surface area (Å²) in [7, 11) is 0. The zero-order chi connectivity index (χ0) is 15.4. The first kappa shape index (κ1) is 15.8. The van der Waals surface area contributed by atoms with Crippen LogP contribution in [0.3, 0.4) is 0 Å². The molecule has 6 nitrogen and oxygen atoms in total. The number of rotatable bonds is 5. The van der Waals surface area contributed by atoms with Gasteiger partial charge in [0.05, 0.1) is 18.6 Å². The predicted octanol–water partition coefficient (Wildman–Crippen LogP) is 2.68. The molecule has 21 heavy (non-hydrogen) atoms. The van der Waals surface area contributed by atoms with Crippen molar-refractivity contribution >= 4 is 29.1 Å². The van der Waals surface area contributed by atoms with Gasteiger partial charge in [0.15, 0.2) is 5.82 Å². The Balaban J connectivity index is 1.95. The molecule has 2 unspecified atom stereocenters. The number of carbonyl (C=O) groups excluding carboxylic acids is 1. The SMILES string of the molecule is CC(NC(=O)CC(O)c1cc(Cl)cc(Cl)c1)c1ncon1. The Morgan fingerprint density at radius 3 is 2.62 bits per heavy atom. The van der Waals surface area contributed by atoms with Crippen LogP contribution in [0.4, 0.5) is 0 Å². The first-order valence-electron chi connectivity index (χ1n) is 6.15. The maximum Gasteiger partial charge on any atom is 0.223 e. The average molecular weight is 330 g/mol. The molecule has 112 valence electrons. The number of nitrogens with one attached hydrogen (secondary N) is 1. The van der Waals surface area contributed by atoms with Gasteiger partial charge in [-0.1, -0.05) is 28.4 Å². The largest absolute Gasteiger partial charge is 0.388 e. The second kappa shape index (κ2) is 6.89. The van der Waals surface area contributed by atoms with Crippen LogP contribution in [-0.4, -0.2) is 21.2 Å². The Kier molecular flexibility index (Phi) is 5.17. The number of hydrogen-bond acceptors (Lipinski definition) is 5. The molecule has 1 amide bonds. The molecule has 1 aromatic heterocycles. The number of halogens is 2. The van der Waals surface area contributed by atoms with E-state index < -0.39 is 12.1 Å². The number of aromatic nitrogens is 2. The highest BCUT2D eigenvalue weighted by atomic mass is 35.5. The Morgan fingerprint density at radius 2 is 2.05 bits per heavy atom. The van der Waals surface area contributed by atoms with E-state index in [1.807, 2.05) is 0 Å². The fourth-order valence-corrected chi connectivity index (χ4v) is 2.34. The lowest BCUT2D eigenvalue weighted by atomic mass is 10.1. The quantitative estimate of drug-likeness (QED) is 0.880. The molecule has 0 radical (unpaired) electrons. The molecule has 0 aliphatic rings. The summed E-state index contributed by atoms with van der Waals surface area (Å²) in [4.78, 5) is 15.7. The fourth-order valence-electron chi connectivity index (χ4n) is 1.80. The van der Waals surface area contributed by atoms with E-state index in [2.05, 4.69) is 20.0 Å². The van der Waals surface area contributed by atoms with E-state index in [1.165, 1.54) is 6.39 Å². The van der Waals surface area contributed by atoms with E-state index in [-0.39, 0.29) is 12.3 Å². The van der Waals surface area contributed by atoms with Gasteiger partial charge in [-0.2, -0.15) is 4.98 Å². The van der Waals surface area contributed by atoms with Gasteiger partial charge in [-0.05, 0) is 30.7 Å². The third-order valence-electron chi connectivity index (χ3n) is 2.79. The van der Waals surface area contributed by atoms with Gasteiger partial charge in [-0.3, -0.25) is 4.79 Å². The number of carbonyl (C=O) groups is 1. The van der Waals surface area contributed by atoms with E-state index in [0.29, 0.717) is 21.4 Å². The van der Waals surface area contributed by atoms with Crippen molar-refractivity contribution in [2.24, 2.45) is 0 Å². The molecule has 0 spiro atoms. The summed E-state index contributed by atoms with van der Waals surface area (Å²) in [6, 6.07) is 4.27. The molecule has 1 aromatic carbocycles. The Hall–Kier alpha value is -1.63. The second-order valence-corrected chi connectivity index (χ2v) is 5.37. The number of benzene rings is 1. The van der Waals surface area contributed by atoms with E-state index in [4.69, 9.17) is 23.2 Å². The molecule has 2 N–H and O–H groups in total. The minimum Gasteiger partial charge on any atom is -0.388 e. The van der Waals surface area contributed by atoms with Gasteiger partial charge in [-0.15, -0.1) is 0 Å². The van der Waals surface area contributed by atoms with Gasteiger partial charge in [-0.25, -0.2) is 0 Å². The molecule has 0 fully saturated rings. The lowest BCUT2D eigenvalue weighted by Gasteiger charge is -2.14. The van der Waals surface area contributed by atoms with Crippen molar-refractivity contribution < 1.29 is 14.4 Å². The number of aliphatic hydroxyl groups excluding tert-OH is 1. The van der Waals surface area contributed by atoms with E-state index in [1.54, 1.807) is 25.1 Å². The van der Waals surface area contributed by atoms with Gasteiger partial charge >= 0.3 is 0 Å². The topological polar surface area (TPSA) is 88.2 Å². The van der Waals surface area contributed by atoms with Gasteiger partial charge in [0.2, 0.25) is 12.3 Å². The zero-order valence-electron chi connectivity index (χ0n) is 11.1. The maximum absolute atomic E-state index is 11.9. The van der Waals surface area contributed by atoms with Crippen LogP contribution in [0.1, 0.15) is 36.9 Å². The summed E-state index contributed by atoms with van der Waals surface area (Å²) in [5.74, 6) is 0.0135. The minimum atomic E-state index is -1.00. The zero-order valence-corrected chi connectivity index (χ0v) is 12.6. The van der Waals surface area contributed by atoms with Crippen LogP contribution in [0.15, 0.2) is 29.1 Å². The maximum atomic E-state index is 11.9. The highest BCUT2D eigenvalue weighted by Crippen LogP contribution is 2.25. The molecule has 0 aliphatic carbocycles. The summed E-state index contributed by atoms with van der Waals surface area (Å²) >= 11 is 11.7. The average Bonchev–Trinajstić information content (AvgIpc) is 2.91. The van der Waals surface area contributed by atoms with Crippen LogP contribution in [0.5, 0.6) is 0 Å². The summed E-state index contributed by atoms with van der Waals surface area (Å²) in [6.45, 7) is 1.71. The van der Waals surface area contributed by atoms with Crippen molar-refractivity contribution in [2.75, 3.05) is 0 Å². The Morgan fingerprint density at radius 1 is 1.38 bits per heavy atom. The van der Waals surface area contributed by atoms with Crippen LogP contribution >= 0.6 is 23.2 Å². The molecule has 0 bridgehead atoms. The molecule has 1 heterocycles. The Bertz CT molecular complexity index is 599. The molecule has 2 aromatic rings. The summed E-state index contributed by atoms with van der Waals surface area (Å²) in [5.41, 5.74) is 0.481. The first-order valence-corrected chi connectivity index (χ1v) is 6.91. The van der Waals surface area contributed by atoms with E-state index >= 15 is 0 Å². The molecule has 2 rings (SSSR count). The molecule has 0 saturated heterocycles. The second-order valence-electron chi connectivity index (χ2n) is 4.50. The Labute approximate surface area is 131 Å². The van der Waals surface area contributed by atoms with Gasteiger partial charge in [0.1, 0.15) is 0 Å². The summed E-state index contributed by atoms with van der Waals surface area (Å²) in [5, 5.41) is 17.1. The molecule has 2 atom stereocenters. The molecule has 0 saturated carbocycles. The lowest BCUT2D eigenvalue weighted by molar-refractivity contribution is -0.123. The van der Waals surface area contributed by atoms with Crippen LogP contribution in [0, 0.1) is 0 Å². The van der Waals surface area contributed by atoms with Crippen molar-refractivity contribution in [2.45, 2.75) is 25.5 Å². The molecule has 8 heteroatoms. The fraction of sp³-hybridized carbons (Fsp3) is 0.308. The van der Waals surface area contributed by atoms with Gasteiger partial charge in [0, 0.05) is 10.0 Å². The summed E-state index contributed by atoms with van der Waals surface area (Å²) in [6.07, 6.45) is 0.0540. The van der Waals surface area contributed by atoms with Crippen LogP contribution in [0.25, 0.3) is 0 Å². The number of amides is 1. The molecule has 0 aliphatic heterocycles. The number of hydrogen-bond donors (Lipinski definition) is 2. The van der Waals surface area contributed by atoms with Crippen molar-refractivity contribution in [3.63, 3.8) is 0 Å². The molecular weight excluding hydrogens is 317 g/mol. The van der Waals surface area contributed by atoms with Crippen molar-refractivity contribution in [1.29, 1.82) is 0 Å². The first-order chi connectivity index (χ1) is 9.95. The monoisotopic (exact) mass is 329 g/mol. The molecular formula is C13H13Cl2N3O3. The highest BCUT2D eigenvalue weighted by Gasteiger charge is 2.18. The van der Waals surface area contributed by atoms with Crippen molar-refractivity contribution in [3.8, 4) is 0 Å². The summed E-state index contributed by atoms with van der Waals surface area (Å²) < 4.78 is 4.60. The van der Waals surface area contributed by atoms with Gasteiger partial charge in [0.25, 0.3) is 0 Å². The minimum absolute atomic E-state index is 0.126. The number of nitrogens with zero attached hydrogens (tertiary/aromatic N) is 2. The lowest BCUT2D eigenvalue weighted by Crippen LogP contribution is -2.28. The normalized spacial score (nSPS) is 13.7. The van der Waals surface area contributed by atoms with Crippen LogP contribution in [0.2, 0.25) is 10.0 Å².